The van der Waals surface area contributed by atoms with Crippen molar-refractivity contribution in [3.63, 3.8) is 0 Å². The van der Waals surface area contributed by atoms with Crippen molar-refractivity contribution in [1.82, 2.24) is 4.90 Å². The molecule has 0 spiro atoms. The van der Waals surface area contributed by atoms with Crippen molar-refractivity contribution >= 4 is 23.8 Å². The second-order valence-corrected chi connectivity index (χ2v) is 8.01. The third kappa shape index (κ3) is 3.54. The van der Waals surface area contributed by atoms with Gasteiger partial charge in [0.25, 0.3) is 0 Å². The number of aliphatic carboxylic acids is 1. The molecule has 2 aromatic rings. The van der Waals surface area contributed by atoms with Crippen molar-refractivity contribution in [2.24, 2.45) is 5.92 Å². The van der Waals surface area contributed by atoms with Gasteiger partial charge in [-0.15, -0.1) is 0 Å². The van der Waals surface area contributed by atoms with Crippen LogP contribution in [-0.4, -0.2) is 53.3 Å². The first kappa shape index (κ1) is 17.9. The molecule has 140 valence electrons. The fraction of sp³-hybridized carbons (Fsp3) is 0.333. The highest BCUT2D eigenvalue weighted by molar-refractivity contribution is 7.99. The van der Waals surface area contributed by atoms with Crippen molar-refractivity contribution in [2.45, 2.75) is 5.92 Å². The monoisotopic (exact) mass is 383 g/mol. The van der Waals surface area contributed by atoms with E-state index < -0.39 is 18.0 Å². The lowest BCUT2D eigenvalue weighted by molar-refractivity contribution is -0.141. The van der Waals surface area contributed by atoms with E-state index >= 15 is 0 Å². The van der Waals surface area contributed by atoms with Crippen LogP contribution in [0.2, 0.25) is 0 Å². The van der Waals surface area contributed by atoms with Crippen LogP contribution in [0, 0.1) is 5.92 Å². The summed E-state index contributed by atoms with van der Waals surface area (Å²) < 4.78 is 5.65. The molecular weight excluding hydrogens is 362 g/mol. The number of hydrogen-bond acceptors (Lipinski definition) is 4. The smallest absolute Gasteiger partial charge is 0.409 e. The van der Waals surface area contributed by atoms with E-state index in [1.807, 2.05) is 24.3 Å². The van der Waals surface area contributed by atoms with E-state index in [0.717, 1.165) is 5.75 Å². The lowest BCUT2D eigenvalue weighted by Crippen LogP contribution is -2.38. The number of fused-ring (bicyclic) bond motifs is 3. The van der Waals surface area contributed by atoms with Gasteiger partial charge in [-0.3, -0.25) is 4.79 Å². The quantitative estimate of drug-likeness (QED) is 0.876. The minimum Gasteiger partial charge on any atom is -0.481 e. The number of carbonyl (C=O) groups is 2. The van der Waals surface area contributed by atoms with E-state index in [0.29, 0.717) is 12.3 Å². The Bertz CT molecular complexity index is 823. The summed E-state index contributed by atoms with van der Waals surface area (Å²) in [6, 6.07) is 16.4. The van der Waals surface area contributed by atoms with Crippen LogP contribution >= 0.6 is 11.8 Å². The number of nitrogens with zero attached hydrogens (tertiary/aromatic N) is 1. The number of hydrogen-bond donors (Lipinski definition) is 1. The highest BCUT2D eigenvalue weighted by Crippen LogP contribution is 2.44. The van der Waals surface area contributed by atoms with Gasteiger partial charge in [-0.25, -0.2) is 4.79 Å². The van der Waals surface area contributed by atoms with Gasteiger partial charge in [-0.05, 0) is 22.3 Å². The molecular formula is C21H21NO4S. The van der Waals surface area contributed by atoms with Crippen molar-refractivity contribution < 1.29 is 19.4 Å². The SMILES string of the molecule is O=C(O)C1CSCCN(C(=O)OCC2c3ccccc3-c3ccccc32)C1. The minimum atomic E-state index is -0.860. The Morgan fingerprint density at radius 1 is 1.07 bits per heavy atom. The fourth-order valence-electron chi connectivity index (χ4n) is 3.81. The molecule has 1 amide bonds. The molecule has 1 atom stereocenters. The molecule has 2 aliphatic rings. The number of amides is 1. The van der Waals surface area contributed by atoms with Crippen LogP contribution in [0.3, 0.4) is 0 Å². The summed E-state index contributed by atoms with van der Waals surface area (Å²) in [4.78, 5) is 25.5. The topological polar surface area (TPSA) is 66.8 Å². The Kier molecular flexibility index (Phi) is 5.07. The van der Waals surface area contributed by atoms with Crippen LogP contribution < -0.4 is 0 Å². The number of carbonyl (C=O) groups excluding carboxylic acids is 1. The maximum atomic E-state index is 12.6. The van der Waals surface area contributed by atoms with Gasteiger partial charge in [0, 0.05) is 30.5 Å². The Balaban J connectivity index is 1.48. The molecule has 6 heteroatoms. The molecule has 1 fully saturated rings. The fourth-order valence-corrected chi connectivity index (χ4v) is 4.86. The van der Waals surface area contributed by atoms with Gasteiger partial charge in [0.15, 0.2) is 0 Å². The lowest BCUT2D eigenvalue weighted by atomic mass is 9.98. The van der Waals surface area contributed by atoms with E-state index in [4.69, 9.17) is 4.74 Å². The minimum absolute atomic E-state index is 0.0120. The van der Waals surface area contributed by atoms with Gasteiger partial charge in [-0.2, -0.15) is 11.8 Å². The molecule has 1 aliphatic carbocycles. The molecule has 5 nitrogen and oxygen atoms in total. The molecule has 1 N–H and O–H groups in total. The van der Waals surface area contributed by atoms with Gasteiger partial charge in [0.05, 0.1) is 5.92 Å². The third-order valence-electron chi connectivity index (χ3n) is 5.21. The average Bonchev–Trinajstić information content (AvgIpc) is 2.83. The summed E-state index contributed by atoms with van der Waals surface area (Å²) in [5.41, 5.74) is 4.71. The first-order valence-electron chi connectivity index (χ1n) is 9.05. The molecule has 27 heavy (non-hydrogen) atoms. The van der Waals surface area contributed by atoms with E-state index in [1.165, 1.54) is 27.2 Å². The van der Waals surface area contributed by atoms with Gasteiger partial charge < -0.3 is 14.7 Å². The number of rotatable bonds is 3. The zero-order chi connectivity index (χ0) is 18.8. The Hall–Kier alpha value is -2.47. The molecule has 1 saturated heterocycles. The summed E-state index contributed by atoms with van der Waals surface area (Å²) in [6.07, 6.45) is -0.425. The number of benzene rings is 2. The van der Waals surface area contributed by atoms with Crippen molar-refractivity contribution in [3.05, 3.63) is 59.7 Å². The van der Waals surface area contributed by atoms with E-state index in [2.05, 4.69) is 24.3 Å². The second-order valence-electron chi connectivity index (χ2n) is 6.86. The maximum Gasteiger partial charge on any atom is 0.409 e. The van der Waals surface area contributed by atoms with Crippen molar-refractivity contribution in [3.8, 4) is 11.1 Å². The summed E-state index contributed by atoms with van der Waals surface area (Å²) in [5.74, 6) is -0.131. The predicted molar refractivity (Wildman–Crippen MR) is 105 cm³/mol. The molecule has 0 aromatic heterocycles. The van der Waals surface area contributed by atoms with Crippen LogP contribution in [0.4, 0.5) is 4.79 Å². The van der Waals surface area contributed by atoms with E-state index in [1.54, 1.807) is 11.8 Å². The van der Waals surface area contributed by atoms with Gasteiger partial charge in [0.1, 0.15) is 6.61 Å². The van der Waals surface area contributed by atoms with Gasteiger partial charge in [-0.1, -0.05) is 48.5 Å². The number of ether oxygens (including phenoxy) is 1. The molecule has 2 aromatic carbocycles. The third-order valence-corrected chi connectivity index (χ3v) is 6.32. The zero-order valence-electron chi connectivity index (χ0n) is 14.8. The Morgan fingerprint density at radius 3 is 2.33 bits per heavy atom. The second kappa shape index (κ2) is 7.64. The zero-order valence-corrected chi connectivity index (χ0v) is 15.7. The predicted octanol–water partition coefficient (Wildman–Crippen LogP) is 3.69. The average molecular weight is 383 g/mol. The standard InChI is InChI=1S/C21H21NO4S/c23-20(24)14-11-22(9-10-27-13-14)21(25)26-12-19-17-7-3-1-5-15(17)16-6-2-4-8-18(16)19/h1-8,14,19H,9-13H2,(H,23,24). The number of thioether (sulfide) groups is 1. The highest BCUT2D eigenvalue weighted by Gasteiger charge is 2.31. The van der Waals surface area contributed by atoms with Crippen LogP contribution in [-0.2, 0) is 9.53 Å². The highest BCUT2D eigenvalue weighted by atomic mass is 32.2. The molecule has 4 rings (SSSR count). The summed E-state index contributed by atoms with van der Waals surface area (Å²) >= 11 is 1.57. The first-order valence-corrected chi connectivity index (χ1v) is 10.2. The van der Waals surface area contributed by atoms with Gasteiger partial charge in [0.2, 0.25) is 0 Å². The molecule has 0 bridgehead atoms. The van der Waals surface area contributed by atoms with Crippen LogP contribution in [0.15, 0.2) is 48.5 Å². The number of carboxylic acids is 1. The lowest BCUT2D eigenvalue weighted by Gasteiger charge is -2.23. The molecule has 1 heterocycles. The molecule has 0 saturated carbocycles. The van der Waals surface area contributed by atoms with Crippen molar-refractivity contribution in [2.75, 3.05) is 31.2 Å². The Labute approximate surface area is 162 Å². The largest absolute Gasteiger partial charge is 0.481 e. The van der Waals surface area contributed by atoms with Crippen molar-refractivity contribution in [1.29, 1.82) is 0 Å². The number of carboxylic acid groups (broad SMARTS) is 1. The summed E-state index contributed by atoms with van der Waals surface area (Å²) in [5, 5.41) is 9.29. The van der Waals surface area contributed by atoms with Crippen LogP contribution in [0.1, 0.15) is 17.0 Å². The molecule has 0 radical (unpaired) electrons. The summed E-state index contributed by atoms with van der Waals surface area (Å²) in [6.45, 7) is 0.984. The van der Waals surface area contributed by atoms with Crippen LogP contribution in [0.25, 0.3) is 11.1 Å². The molecule has 1 unspecified atom stereocenters. The normalized spacial score (nSPS) is 19.1. The van der Waals surface area contributed by atoms with Crippen LogP contribution in [0.5, 0.6) is 0 Å². The first-order chi connectivity index (χ1) is 13.1. The molecule has 1 aliphatic heterocycles. The van der Waals surface area contributed by atoms with E-state index in [9.17, 15) is 14.7 Å². The summed E-state index contributed by atoms with van der Waals surface area (Å²) in [7, 11) is 0. The Morgan fingerprint density at radius 2 is 1.70 bits per heavy atom. The maximum absolute atomic E-state index is 12.6. The van der Waals surface area contributed by atoms with E-state index in [-0.39, 0.29) is 19.1 Å². The van der Waals surface area contributed by atoms with Gasteiger partial charge >= 0.3 is 12.1 Å².